The number of para-hydroxylation sites is 1. The average Bonchev–Trinajstić information content (AvgIpc) is 2.62. The molecule has 2 heteroatoms. The van der Waals surface area contributed by atoms with Crippen LogP contribution in [0.2, 0.25) is 0 Å². The lowest BCUT2D eigenvalue weighted by Crippen LogP contribution is -1.96. The summed E-state index contributed by atoms with van der Waals surface area (Å²) in [5.41, 5.74) is 4.09. The fraction of sp³-hybridized carbons (Fsp3) is 0.312. The second-order valence-corrected chi connectivity index (χ2v) is 5.01. The number of rotatable bonds is 2. The van der Waals surface area contributed by atoms with Gasteiger partial charge in [0.25, 0.3) is 0 Å². The molecule has 0 saturated carbocycles. The van der Waals surface area contributed by atoms with Crippen LogP contribution in [0.5, 0.6) is 0 Å². The third-order valence-corrected chi connectivity index (χ3v) is 3.18. The van der Waals surface area contributed by atoms with Crippen LogP contribution in [0.1, 0.15) is 32.0 Å². The van der Waals surface area contributed by atoms with Crippen LogP contribution >= 0.6 is 0 Å². The van der Waals surface area contributed by atoms with E-state index in [4.69, 9.17) is 0 Å². The van der Waals surface area contributed by atoms with E-state index in [2.05, 4.69) is 43.5 Å². The number of allylic oxidation sites excluding steroid dienone is 2. The van der Waals surface area contributed by atoms with Gasteiger partial charge in [0, 0.05) is 18.0 Å². The molecule has 0 saturated heterocycles. The zero-order chi connectivity index (χ0) is 13.3. The molecule has 0 bridgehead atoms. The fourth-order valence-corrected chi connectivity index (χ4v) is 2.55. The quantitative estimate of drug-likeness (QED) is 0.774. The standard InChI is InChI=1S/C16H18N2/c1-11(2)9-12(3)16-14(10-17)13-7-5-6-8-15(13)18(16)4/h5-9,11H,1-4H3/b12-9-. The van der Waals surface area contributed by atoms with Crippen molar-refractivity contribution >= 4 is 16.5 Å². The Morgan fingerprint density at radius 2 is 2.00 bits per heavy atom. The molecular formula is C16H18N2. The number of hydrogen-bond donors (Lipinski definition) is 0. The molecule has 92 valence electrons. The van der Waals surface area contributed by atoms with Gasteiger partial charge in [0.2, 0.25) is 0 Å². The van der Waals surface area contributed by atoms with Gasteiger partial charge in [-0.1, -0.05) is 38.1 Å². The summed E-state index contributed by atoms with van der Waals surface area (Å²) in [5, 5.41) is 10.5. The van der Waals surface area contributed by atoms with Gasteiger partial charge in [-0.25, -0.2) is 0 Å². The first-order valence-corrected chi connectivity index (χ1v) is 6.22. The minimum atomic E-state index is 0.481. The monoisotopic (exact) mass is 238 g/mol. The number of nitriles is 1. The largest absolute Gasteiger partial charge is 0.343 e. The second kappa shape index (κ2) is 4.70. The van der Waals surface area contributed by atoms with Crippen LogP contribution in [0.4, 0.5) is 0 Å². The van der Waals surface area contributed by atoms with Crippen molar-refractivity contribution in [3.05, 3.63) is 41.6 Å². The summed E-state index contributed by atoms with van der Waals surface area (Å²) in [5.74, 6) is 0.481. The minimum absolute atomic E-state index is 0.481. The van der Waals surface area contributed by atoms with Crippen molar-refractivity contribution in [1.82, 2.24) is 4.57 Å². The lowest BCUT2D eigenvalue weighted by atomic mass is 10.0. The van der Waals surface area contributed by atoms with Gasteiger partial charge < -0.3 is 4.57 Å². The summed E-state index contributed by atoms with van der Waals surface area (Å²) < 4.78 is 2.11. The van der Waals surface area contributed by atoms with Crippen LogP contribution in [0.3, 0.4) is 0 Å². The normalized spacial score (nSPS) is 12.1. The van der Waals surface area contributed by atoms with Gasteiger partial charge in [-0.3, -0.25) is 0 Å². The van der Waals surface area contributed by atoms with Gasteiger partial charge in [-0.2, -0.15) is 5.26 Å². The molecule has 1 aromatic carbocycles. The average molecular weight is 238 g/mol. The lowest BCUT2D eigenvalue weighted by molar-refractivity contribution is 0.829. The summed E-state index contributed by atoms with van der Waals surface area (Å²) in [6.45, 7) is 6.38. The van der Waals surface area contributed by atoms with Gasteiger partial charge in [0.05, 0.1) is 11.3 Å². The van der Waals surface area contributed by atoms with Gasteiger partial charge in [0.1, 0.15) is 6.07 Å². The van der Waals surface area contributed by atoms with Crippen molar-refractivity contribution < 1.29 is 0 Å². The smallest absolute Gasteiger partial charge is 0.102 e. The fourth-order valence-electron chi connectivity index (χ4n) is 2.55. The highest BCUT2D eigenvalue weighted by Gasteiger charge is 2.15. The Labute approximate surface area is 108 Å². The molecule has 0 spiro atoms. The molecule has 0 atom stereocenters. The number of fused-ring (bicyclic) bond motifs is 1. The molecular weight excluding hydrogens is 220 g/mol. The molecule has 0 amide bonds. The van der Waals surface area contributed by atoms with E-state index in [1.165, 1.54) is 5.57 Å². The SMILES string of the molecule is C/C(=C/C(C)C)c1c(C#N)c2ccccc2n1C. The summed E-state index contributed by atoms with van der Waals surface area (Å²) in [4.78, 5) is 0. The predicted molar refractivity (Wildman–Crippen MR) is 76.1 cm³/mol. The molecule has 2 aromatic rings. The summed E-state index contributed by atoms with van der Waals surface area (Å²) >= 11 is 0. The molecule has 0 unspecified atom stereocenters. The lowest BCUT2D eigenvalue weighted by Gasteiger charge is -2.07. The van der Waals surface area contributed by atoms with E-state index in [1.807, 2.05) is 25.2 Å². The maximum Gasteiger partial charge on any atom is 0.102 e. The zero-order valence-electron chi connectivity index (χ0n) is 11.4. The molecule has 0 fully saturated rings. The Balaban J connectivity index is 2.79. The first-order valence-electron chi connectivity index (χ1n) is 6.22. The Morgan fingerprint density at radius 3 is 2.61 bits per heavy atom. The third kappa shape index (κ3) is 1.93. The topological polar surface area (TPSA) is 28.7 Å². The second-order valence-electron chi connectivity index (χ2n) is 5.01. The first-order chi connectivity index (χ1) is 8.56. The number of nitrogens with zero attached hydrogens (tertiary/aromatic N) is 2. The Kier molecular flexibility index (Phi) is 3.25. The molecule has 0 aliphatic carbocycles. The van der Waals surface area contributed by atoms with Gasteiger partial charge in [-0.05, 0) is 24.5 Å². The van der Waals surface area contributed by atoms with E-state index < -0.39 is 0 Å². The Hall–Kier alpha value is -2.01. The van der Waals surface area contributed by atoms with E-state index in [9.17, 15) is 5.26 Å². The third-order valence-electron chi connectivity index (χ3n) is 3.18. The van der Waals surface area contributed by atoms with Crippen LogP contribution < -0.4 is 0 Å². The highest BCUT2D eigenvalue weighted by atomic mass is 14.9. The highest BCUT2D eigenvalue weighted by molar-refractivity contribution is 5.92. The zero-order valence-corrected chi connectivity index (χ0v) is 11.4. The summed E-state index contributed by atoms with van der Waals surface area (Å²) in [6, 6.07) is 10.4. The van der Waals surface area contributed by atoms with Crippen LogP contribution in [0.25, 0.3) is 16.5 Å². The van der Waals surface area contributed by atoms with Crippen LogP contribution in [0, 0.1) is 17.2 Å². The predicted octanol–water partition coefficient (Wildman–Crippen LogP) is 4.11. The van der Waals surface area contributed by atoms with E-state index in [-0.39, 0.29) is 0 Å². The van der Waals surface area contributed by atoms with Gasteiger partial charge in [-0.15, -0.1) is 0 Å². The Bertz CT molecular complexity index is 652. The molecule has 0 aliphatic rings. The first kappa shape index (κ1) is 12.4. The Morgan fingerprint density at radius 1 is 1.33 bits per heavy atom. The van der Waals surface area contributed by atoms with Crippen molar-refractivity contribution in [3.8, 4) is 6.07 Å². The molecule has 2 nitrogen and oxygen atoms in total. The maximum atomic E-state index is 9.42. The number of hydrogen-bond acceptors (Lipinski definition) is 1. The van der Waals surface area contributed by atoms with Crippen molar-refractivity contribution in [2.45, 2.75) is 20.8 Å². The van der Waals surface area contributed by atoms with Crippen LogP contribution in [0.15, 0.2) is 30.3 Å². The van der Waals surface area contributed by atoms with Gasteiger partial charge >= 0.3 is 0 Å². The molecule has 1 heterocycles. The molecule has 0 radical (unpaired) electrons. The van der Waals surface area contributed by atoms with Crippen molar-refractivity contribution in [3.63, 3.8) is 0 Å². The van der Waals surface area contributed by atoms with Crippen LogP contribution in [-0.4, -0.2) is 4.57 Å². The highest BCUT2D eigenvalue weighted by Crippen LogP contribution is 2.29. The molecule has 18 heavy (non-hydrogen) atoms. The van der Waals surface area contributed by atoms with Crippen molar-refractivity contribution in [2.24, 2.45) is 13.0 Å². The van der Waals surface area contributed by atoms with E-state index in [0.717, 1.165) is 22.2 Å². The van der Waals surface area contributed by atoms with Crippen molar-refractivity contribution in [1.29, 1.82) is 5.26 Å². The summed E-state index contributed by atoms with van der Waals surface area (Å²) in [6.07, 6.45) is 2.20. The van der Waals surface area contributed by atoms with E-state index in [1.54, 1.807) is 0 Å². The number of aromatic nitrogens is 1. The van der Waals surface area contributed by atoms with Gasteiger partial charge in [0.15, 0.2) is 0 Å². The molecule has 1 aromatic heterocycles. The maximum absolute atomic E-state index is 9.42. The van der Waals surface area contributed by atoms with E-state index in [0.29, 0.717) is 5.92 Å². The minimum Gasteiger partial charge on any atom is -0.343 e. The van der Waals surface area contributed by atoms with E-state index >= 15 is 0 Å². The molecule has 0 N–H and O–H groups in total. The van der Waals surface area contributed by atoms with Crippen LogP contribution in [-0.2, 0) is 7.05 Å². The molecule has 0 aliphatic heterocycles. The number of aryl methyl sites for hydroxylation is 1. The summed E-state index contributed by atoms with van der Waals surface area (Å²) in [7, 11) is 2.02. The number of benzene rings is 1. The molecule has 2 rings (SSSR count). The van der Waals surface area contributed by atoms with Crippen molar-refractivity contribution in [2.75, 3.05) is 0 Å².